The molecule has 0 bridgehead atoms. The van der Waals surface area contributed by atoms with Gasteiger partial charge in [-0.3, -0.25) is 4.79 Å². The fourth-order valence-electron chi connectivity index (χ4n) is 1.59. The molecule has 0 heterocycles. The van der Waals surface area contributed by atoms with Crippen LogP contribution in [-0.2, 0) is 4.79 Å². The molecule has 0 unspecified atom stereocenters. The zero-order chi connectivity index (χ0) is 14.4. The van der Waals surface area contributed by atoms with Crippen LogP contribution in [-0.4, -0.2) is 11.7 Å². The van der Waals surface area contributed by atoms with Crippen molar-refractivity contribution < 1.29 is 13.6 Å². The van der Waals surface area contributed by atoms with E-state index in [1.165, 1.54) is 30.0 Å². The lowest BCUT2D eigenvalue weighted by Gasteiger charge is -2.06. The van der Waals surface area contributed by atoms with E-state index in [2.05, 4.69) is 5.32 Å². The highest BCUT2D eigenvalue weighted by Gasteiger charge is 2.07. The maximum atomic E-state index is 13.3. The highest BCUT2D eigenvalue weighted by atomic mass is 32.2. The molecular formula is C15H13F2NOS. The lowest BCUT2D eigenvalue weighted by Crippen LogP contribution is -2.13. The summed E-state index contributed by atoms with van der Waals surface area (Å²) in [4.78, 5) is 12.2. The lowest BCUT2D eigenvalue weighted by atomic mass is 10.3. The number of halogens is 2. The normalized spacial score (nSPS) is 10.3. The smallest absolute Gasteiger partial charge is 0.225 e. The molecule has 0 fully saturated rings. The van der Waals surface area contributed by atoms with E-state index in [1.54, 1.807) is 30.3 Å². The third kappa shape index (κ3) is 4.06. The maximum Gasteiger partial charge on any atom is 0.225 e. The Morgan fingerprint density at radius 1 is 1.00 bits per heavy atom. The van der Waals surface area contributed by atoms with Crippen LogP contribution in [0.3, 0.4) is 0 Å². The Balaban J connectivity index is 1.82. The van der Waals surface area contributed by atoms with Gasteiger partial charge >= 0.3 is 0 Å². The van der Waals surface area contributed by atoms with Gasteiger partial charge in [-0.05, 0) is 24.3 Å². The Morgan fingerprint density at radius 2 is 1.65 bits per heavy atom. The Labute approximate surface area is 120 Å². The van der Waals surface area contributed by atoms with Crippen molar-refractivity contribution >= 4 is 23.4 Å². The van der Waals surface area contributed by atoms with Gasteiger partial charge in [0, 0.05) is 17.1 Å². The number of anilines is 1. The minimum atomic E-state index is -0.470. The molecule has 0 saturated carbocycles. The molecule has 2 rings (SSSR count). The molecule has 0 atom stereocenters. The highest BCUT2D eigenvalue weighted by molar-refractivity contribution is 7.99. The van der Waals surface area contributed by atoms with E-state index in [0.717, 1.165) is 0 Å². The number of para-hydroxylation sites is 1. The topological polar surface area (TPSA) is 29.1 Å². The fraction of sp³-hybridized carbons (Fsp3) is 0.133. The summed E-state index contributed by atoms with van der Waals surface area (Å²) in [5, 5.41) is 2.49. The highest BCUT2D eigenvalue weighted by Crippen LogP contribution is 2.22. The fourth-order valence-corrected chi connectivity index (χ4v) is 2.48. The van der Waals surface area contributed by atoms with Crippen LogP contribution in [0.2, 0.25) is 0 Å². The standard InChI is InChI=1S/C15H13F2NOS/c16-11-5-1-3-7-13(11)18-15(19)9-10-20-14-8-4-2-6-12(14)17/h1-8H,9-10H2,(H,18,19). The second-order valence-electron chi connectivity index (χ2n) is 4.06. The predicted octanol–water partition coefficient (Wildman–Crippen LogP) is 4.09. The van der Waals surface area contributed by atoms with Gasteiger partial charge in [-0.25, -0.2) is 8.78 Å². The van der Waals surface area contributed by atoms with Crippen LogP contribution in [0.25, 0.3) is 0 Å². The number of hydrogen-bond acceptors (Lipinski definition) is 2. The van der Waals surface area contributed by atoms with Gasteiger partial charge < -0.3 is 5.32 Å². The molecule has 20 heavy (non-hydrogen) atoms. The molecule has 0 aliphatic heterocycles. The molecule has 0 spiro atoms. The van der Waals surface area contributed by atoms with Gasteiger partial charge in [0.05, 0.1) is 5.69 Å². The summed E-state index contributed by atoms with van der Waals surface area (Å²) < 4.78 is 26.7. The largest absolute Gasteiger partial charge is 0.324 e. The summed E-state index contributed by atoms with van der Waals surface area (Å²) >= 11 is 1.26. The molecule has 1 amide bonds. The summed E-state index contributed by atoms with van der Waals surface area (Å²) in [5.41, 5.74) is 0.161. The first-order valence-electron chi connectivity index (χ1n) is 6.08. The Bertz CT molecular complexity index is 604. The third-order valence-corrected chi connectivity index (χ3v) is 3.62. The van der Waals surface area contributed by atoms with Crippen molar-refractivity contribution in [2.24, 2.45) is 0 Å². The first-order chi connectivity index (χ1) is 9.66. The Morgan fingerprint density at radius 3 is 2.35 bits per heavy atom. The Hall–Kier alpha value is -1.88. The summed E-state index contributed by atoms with van der Waals surface area (Å²) in [5.74, 6) is -0.630. The molecule has 2 nitrogen and oxygen atoms in total. The number of nitrogens with one attached hydrogen (secondary N) is 1. The number of carbonyl (C=O) groups excluding carboxylic acids is 1. The van der Waals surface area contributed by atoms with Crippen LogP contribution in [0, 0.1) is 11.6 Å². The van der Waals surface area contributed by atoms with E-state index in [1.807, 2.05) is 0 Å². The van der Waals surface area contributed by atoms with E-state index in [0.29, 0.717) is 10.6 Å². The zero-order valence-electron chi connectivity index (χ0n) is 10.6. The number of thioether (sulfide) groups is 1. The number of amides is 1. The van der Waals surface area contributed by atoms with Crippen LogP contribution in [0.5, 0.6) is 0 Å². The van der Waals surface area contributed by atoms with E-state index in [4.69, 9.17) is 0 Å². The average Bonchev–Trinajstić information content (AvgIpc) is 2.43. The molecule has 5 heteroatoms. The van der Waals surface area contributed by atoms with Gasteiger partial charge in [0.15, 0.2) is 0 Å². The molecule has 0 aliphatic carbocycles. The molecule has 0 aliphatic rings. The number of hydrogen-bond donors (Lipinski definition) is 1. The van der Waals surface area contributed by atoms with Gasteiger partial charge in [0.2, 0.25) is 5.91 Å². The SMILES string of the molecule is O=C(CCSc1ccccc1F)Nc1ccccc1F. The second kappa shape index (κ2) is 7.05. The van der Waals surface area contributed by atoms with Crippen LogP contribution in [0.1, 0.15) is 6.42 Å². The van der Waals surface area contributed by atoms with E-state index in [-0.39, 0.29) is 23.8 Å². The molecule has 0 radical (unpaired) electrons. The van der Waals surface area contributed by atoms with Gasteiger partial charge in [-0.1, -0.05) is 24.3 Å². The number of carbonyl (C=O) groups is 1. The van der Waals surface area contributed by atoms with Gasteiger partial charge in [-0.15, -0.1) is 11.8 Å². The van der Waals surface area contributed by atoms with E-state index in [9.17, 15) is 13.6 Å². The molecule has 1 N–H and O–H groups in total. The molecule has 0 saturated heterocycles. The summed E-state index contributed by atoms with van der Waals surface area (Å²) in [7, 11) is 0. The van der Waals surface area contributed by atoms with Crippen molar-refractivity contribution in [1.29, 1.82) is 0 Å². The zero-order valence-corrected chi connectivity index (χ0v) is 11.4. The van der Waals surface area contributed by atoms with Gasteiger partial charge in [-0.2, -0.15) is 0 Å². The van der Waals surface area contributed by atoms with E-state index >= 15 is 0 Å². The first kappa shape index (κ1) is 14.5. The number of benzene rings is 2. The summed E-state index contributed by atoms with van der Waals surface area (Å²) in [6.07, 6.45) is 0.188. The Kier molecular flexibility index (Phi) is 5.12. The third-order valence-electron chi connectivity index (χ3n) is 2.57. The lowest BCUT2D eigenvalue weighted by molar-refractivity contribution is -0.115. The van der Waals surface area contributed by atoms with Crippen molar-refractivity contribution in [2.75, 3.05) is 11.1 Å². The minimum absolute atomic E-state index is 0.161. The van der Waals surface area contributed by atoms with Crippen molar-refractivity contribution in [2.45, 2.75) is 11.3 Å². The molecule has 2 aromatic carbocycles. The van der Waals surface area contributed by atoms with Crippen LogP contribution >= 0.6 is 11.8 Å². The van der Waals surface area contributed by atoms with E-state index < -0.39 is 5.82 Å². The minimum Gasteiger partial charge on any atom is -0.324 e. The van der Waals surface area contributed by atoms with Crippen LogP contribution < -0.4 is 5.32 Å². The van der Waals surface area contributed by atoms with Crippen molar-refractivity contribution in [1.82, 2.24) is 0 Å². The maximum absolute atomic E-state index is 13.3. The number of rotatable bonds is 5. The monoisotopic (exact) mass is 293 g/mol. The second-order valence-corrected chi connectivity index (χ2v) is 5.19. The average molecular weight is 293 g/mol. The van der Waals surface area contributed by atoms with Crippen molar-refractivity contribution in [3.63, 3.8) is 0 Å². The summed E-state index contributed by atoms with van der Waals surface area (Å²) in [6, 6.07) is 12.4. The van der Waals surface area contributed by atoms with Gasteiger partial charge in [0.1, 0.15) is 11.6 Å². The van der Waals surface area contributed by atoms with Crippen molar-refractivity contribution in [3.05, 3.63) is 60.2 Å². The van der Waals surface area contributed by atoms with Gasteiger partial charge in [0.25, 0.3) is 0 Å². The van der Waals surface area contributed by atoms with Crippen molar-refractivity contribution in [3.8, 4) is 0 Å². The molecule has 2 aromatic rings. The first-order valence-corrected chi connectivity index (χ1v) is 7.07. The van der Waals surface area contributed by atoms with Crippen LogP contribution in [0.4, 0.5) is 14.5 Å². The quantitative estimate of drug-likeness (QED) is 0.841. The molecular weight excluding hydrogens is 280 g/mol. The predicted molar refractivity (Wildman–Crippen MR) is 76.8 cm³/mol. The molecule has 0 aromatic heterocycles. The summed E-state index contributed by atoms with van der Waals surface area (Å²) in [6.45, 7) is 0. The van der Waals surface area contributed by atoms with Crippen LogP contribution in [0.15, 0.2) is 53.4 Å². The molecule has 104 valence electrons.